The van der Waals surface area contributed by atoms with E-state index >= 15 is 0 Å². The molecule has 2 aromatic rings. The zero-order valence-corrected chi connectivity index (χ0v) is 12.6. The first-order valence-corrected chi connectivity index (χ1v) is 6.82. The molecule has 0 spiro atoms. The van der Waals surface area contributed by atoms with Gasteiger partial charge in [0.25, 0.3) is 0 Å². The number of halogens is 1. The second-order valence-electron chi connectivity index (χ2n) is 4.93. The van der Waals surface area contributed by atoms with E-state index in [1.165, 1.54) is 11.1 Å². The van der Waals surface area contributed by atoms with E-state index in [2.05, 4.69) is 41.6 Å². The van der Waals surface area contributed by atoms with Gasteiger partial charge in [-0.05, 0) is 26.5 Å². The molecule has 0 aliphatic heterocycles. The van der Waals surface area contributed by atoms with Gasteiger partial charge >= 0.3 is 0 Å². The average molecular weight is 278 g/mol. The predicted octanol–water partition coefficient (Wildman–Crippen LogP) is 3.19. The highest BCUT2D eigenvalue weighted by Crippen LogP contribution is 2.25. The predicted molar refractivity (Wildman–Crippen MR) is 79.6 cm³/mol. The molecule has 102 valence electrons. The van der Waals surface area contributed by atoms with Crippen LogP contribution in [0.4, 0.5) is 0 Å². The first-order valence-electron chi connectivity index (χ1n) is 6.44. The first kappa shape index (κ1) is 14.1. The fraction of sp³-hybridized carbons (Fsp3) is 0.400. The quantitative estimate of drug-likeness (QED) is 0.930. The van der Waals surface area contributed by atoms with Crippen molar-refractivity contribution in [3.63, 3.8) is 0 Å². The molecule has 1 N–H and O–H groups in total. The molecule has 1 aromatic carbocycles. The molecule has 1 unspecified atom stereocenters. The average Bonchev–Trinajstić information content (AvgIpc) is 2.61. The van der Waals surface area contributed by atoms with Gasteiger partial charge in [0.15, 0.2) is 0 Å². The van der Waals surface area contributed by atoms with Crippen LogP contribution in [-0.2, 0) is 13.5 Å². The van der Waals surface area contributed by atoms with Gasteiger partial charge in [0, 0.05) is 19.5 Å². The van der Waals surface area contributed by atoms with E-state index in [0.717, 1.165) is 22.8 Å². The summed E-state index contributed by atoms with van der Waals surface area (Å²) in [7, 11) is 3.92. The lowest BCUT2D eigenvalue weighted by atomic mass is 10.00. The standard InChI is InChI=1S/C15H20ClN3/c1-10-6-5-7-12(8-10)13(17-3)9-14-15(16)11(2)18-19(14)4/h5-8,13,17H,9H2,1-4H3. The fourth-order valence-electron chi connectivity index (χ4n) is 2.37. The minimum atomic E-state index is 0.243. The molecule has 3 nitrogen and oxygen atoms in total. The van der Waals surface area contributed by atoms with Crippen LogP contribution in [-0.4, -0.2) is 16.8 Å². The number of benzene rings is 1. The van der Waals surface area contributed by atoms with Crippen molar-refractivity contribution >= 4 is 11.6 Å². The van der Waals surface area contributed by atoms with Gasteiger partial charge in [0.2, 0.25) is 0 Å². The van der Waals surface area contributed by atoms with Crippen molar-refractivity contribution in [3.8, 4) is 0 Å². The molecule has 0 aliphatic carbocycles. The number of rotatable bonds is 4. The Morgan fingerprint density at radius 2 is 2.11 bits per heavy atom. The van der Waals surface area contributed by atoms with Gasteiger partial charge < -0.3 is 5.32 Å². The van der Waals surface area contributed by atoms with Gasteiger partial charge in [0.05, 0.1) is 16.4 Å². The van der Waals surface area contributed by atoms with Crippen LogP contribution in [0.15, 0.2) is 24.3 Å². The Morgan fingerprint density at radius 3 is 2.63 bits per heavy atom. The number of hydrogen-bond acceptors (Lipinski definition) is 2. The summed E-state index contributed by atoms with van der Waals surface area (Å²) in [5, 5.41) is 8.50. The molecule has 19 heavy (non-hydrogen) atoms. The Morgan fingerprint density at radius 1 is 1.37 bits per heavy atom. The summed E-state index contributed by atoms with van der Waals surface area (Å²) >= 11 is 6.32. The third kappa shape index (κ3) is 2.99. The monoisotopic (exact) mass is 277 g/mol. The molecule has 0 bridgehead atoms. The largest absolute Gasteiger partial charge is 0.313 e. The normalized spacial score (nSPS) is 12.7. The second-order valence-corrected chi connectivity index (χ2v) is 5.31. The van der Waals surface area contributed by atoms with Gasteiger partial charge in [-0.1, -0.05) is 41.4 Å². The lowest BCUT2D eigenvalue weighted by molar-refractivity contribution is 0.561. The molecule has 4 heteroatoms. The number of nitrogens with zero attached hydrogens (tertiary/aromatic N) is 2. The van der Waals surface area contributed by atoms with Gasteiger partial charge in [-0.25, -0.2) is 0 Å². The topological polar surface area (TPSA) is 29.9 Å². The molecule has 2 rings (SSSR count). The van der Waals surface area contributed by atoms with Crippen LogP contribution in [0.3, 0.4) is 0 Å². The molecular formula is C15H20ClN3. The van der Waals surface area contributed by atoms with Crippen molar-refractivity contribution in [1.29, 1.82) is 0 Å². The maximum atomic E-state index is 6.32. The number of nitrogens with one attached hydrogen (secondary N) is 1. The van der Waals surface area contributed by atoms with E-state index in [1.807, 2.05) is 25.7 Å². The number of aromatic nitrogens is 2. The Labute approximate surface area is 119 Å². The molecule has 0 aliphatic rings. The van der Waals surface area contributed by atoms with Crippen molar-refractivity contribution in [2.24, 2.45) is 7.05 Å². The summed E-state index contributed by atoms with van der Waals surface area (Å²) in [6.45, 7) is 4.05. The number of hydrogen-bond donors (Lipinski definition) is 1. The number of aryl methyl sites for hydroxylation is 3. The van der Waals surface area contributed by atoms with Gasteiger partial charge in [-0.3, -0.25) is 4.68 Å². The summed E-state index contributed by atoms with van der Waals surface area (Å²) in [5.74, 6) is 0. The molecule has 0 fully saturated rings. The first-order chi connectivity index (χ1) is 9.02. The molecule has 1 aromatic heterocycles. The third-order valence-corrected chi connectivity index (χ3v) is 3.94. The Bertz CT molecular complexity index is 575. The SMILES string of the molecule is CNC(Cc1c(Cl)c(C)nn1C)c1cccc(C)c1. The smallest absolute Gasteiger partial charge is 0.0847 e. The summed E-state index contributed by atoms with van der Waals surface area (Å²) in [6, 6.07) is 8.79. The lowest BCUT2D eigenvalue weighted by Crippen LogP contribution is -2.20. The Kier molecular flexibility index (Phi) is 4.27. The zero-order chi connectivity index (χ0) is 14.0. The number of likely N-dealkylation sites (N-methyl/N-ethyl adjacent to an activating group) is 1. The molecule has 0 saturated heterocycles. The van der Waals surface area contributed by atoms with Crippen molar-refractivity contribution in [3.05, 3.63) is 51.8 Å². The van der Waals surface area contributed by atoms with Crippen molar-refractivity contribution in [1.82, 2.24) is 15.1 Å². The van der Waals surface area contributed by atoms with Crippen molar-refractivity contribution in [2.45, 2.75) is 26.3 Å². The molecule has 1 heterocycles. The summed E-state index contributed by atoms with van der Waals surface area (Å²) in [6.07, 6.45) is 0.829. The highest BCUT2D eigenvalue weighted by molar-refractivity contribution is 6.31. The molecule has 0 radical (unpaired) electrons. The molecular weight excluding hydrogens is 258 g/mol. The van der Waals surface area contributed by atoms with Crippen molar-refractivity contribution < 1.29 is 0 Å². The van der Waals surface area contributed by atoms with E-state index in [0.29, 0.717) is 0 Å². The van der Waals surface area contributed by atoms with Crippen LogP contribution in [0.25, 0.3) is 0 Å². The molecule has 1 atom stereocenters. The second kappa shape index (κ2) is 5.76. The highest BCUT2D eigenvalue weighted by Gasteiger charge is 2.17. The molecule has 0 amide bonds. The maximum Gasteiger partial charge on any atom is 0.0847 e. The fourth-order valence-corrected chi connectivity index (χ4v) is 2.61. The lowest BCUT2D eigenvalue weighted by Gasteiger charge is -2.17. The van der Waals surface area contributed by atoms with Gasteiger partial charge in [-0.15, -0.1) is 0 Å². The van der Waals surface area contributed by atoms with E-state index in [1.54, 1.807) is 0 Å². The summed E-state index contributed by atoms with van der Waals surface area (Å²) in [4.78, 5) is 0. The minimum Gasteiger partial charge on any atom is -0.313 e. The summed E-state index contributed by atoms with van der Waals surface area (Å²) in [5.41, 5.74) is 4.50. The van der Waals surface area contributed by atoms with Crippen LogP contribution in [0, 0.1) is 13.8 Å². The van der Waals surface area contributed by atoms with Gasteiger partial charge in [0.1, 0.15) is 0 Å². The maximum absolute atomic E-state index is 6.32. The summed E-state index contributed by atoms with van der Waals surface area (Å²) < 4.78 is 1.87. The zero-order valence-electron chi connectivity index (χ0n) is 11.9. The Hall–Kier alpha value is -1.32. The Balaban J connectivity index is 2.29. The minimum absolute atomic E-state index is 0.243. The van der Waals surface area contributed by atoms with Crippen LogP contribution in [0.1, 0.15) is 28.6 Å². The highest BCUT2D eigenvalue weighted by atomic mass is 35.5. The van der Waals surface area contributed by atoms with Crippen molar-refractivity contribution in [2.75, 3.05) is 7.05 Å². The van der Waals surface area contributed by atoms with E-state index < -0.39 is 0 Å². The van der Waals surface area contributed by atoms with Crippen LogP contribution in [0.2, 0.25) is 5.02 Å². The third-order valence-electron chi connectivity index (χ3n) is 3.45. The molecule has 0 saturated carbocycles. The van der Waals surface area contributed by atoms with Crippen LogP contribution < -0.4 is 5.32 Å². The van der Waals surface area contributed by atoms with E-state index in [9.17, 15) is 0 Å². The van der Waals surface area contributed by atoms with Gasteiger partial charge in [-0.2, -0.15) is 5.10 Å². The van der Waals surface area contributed by atoms with E-state index in [4.69, 9.17) is 11.6 Å². The van der Waals surface area contributed by atoms with Crippen LogP contribution in [0.5, 0.6) is 0 Å². The van der Waals surface area contributed by atoms with Crippen LogP contribution >= 0.6 is 11.6 Å². The van der Waals surface area contributed by atoms with E-state index in [-0.39, 0.29) is 6.04 Å².